The predicted molar refractivity (Wildman–Crippen MR) is 269 cm³/mol. The van der Waals surface area contributed by atoms with Crippen molar-refractivity contribution in [2.45, 2.75) is 63.7 Å². The predicted octanol–water partition coefficient (Wildman–Crippen LogP) is 9.82. The average molecular weight is 1010 g/mol. The van der Waals surface area contributed by atoms with E-state index in [-0.39, 0.29) is 47.4 Å². The van der Waals surface area contributed by atoms with Gasteiger partial charge in [-0.3, -0.25) is 39.3 Å². The van der Waals surface area contributed by atoms with Crippen molar-refractivity contribution in [1.29, 1.82) is 0 Å². The zero-order chi connectivity index (χ0) is 51.9. The molecule has 4 atom stereocenters. The number of esters is 2. The molecule has 2 fully saturated rings. The molecule has 6 aromatic rings. The number of fused-ring (bicyclic) bond motifs is 2. The van der Waals surface area contributed by atoms with E-state index in [1.807, 2.05) is 60.7 Å². The van der Waals surface area contributed by atoms with Gasteiger partial charge in [-0.25, -0.2) is 27.2 Å². The number of Topliss-reactive ketones (excluding diaryl/α,β-unsaturated/α-hetero) is 2. The van der Waals surface area contributed by atoms with Crippen molar-refractivity contribution < 1.29 is 46.2 Å². The molecule has 0 spiro atoms. The molecule has 10 rings (SSSR count). The van der Waals surface area contributed by atoms with E-state index in [0.717, 1.165) is 81.9 Å². The van der Waals surface area contributed by atoms with Crippen LogP contribution in [0.25, 0.3) is 0 Å². The first-order valence-corrected chi connectivity index (χ1v) is 24.7. The fourth-order valence-corrected chi connectivity index (χ4v) is 10.7. The van der Waals surface area contributed by atoms with E-state index in [9.17, 15) is 36.7 Å². The minimum atomic E-state index is -1.21. The molecule has 0 saturated carbocycles. The molecule has 4 aromatic carbocycles. The first-order valence-electron chi connectivity index (χ1n) is 24.7. The fraction of sp³-hybridized carbons (Fsp3) is 0.310. The van der Waals surface area contributed by atoms with Gasteiger partial charge in [-0.05, 0) is 122 Å². The average Bonchev–Trinajstić information content (AvgIpc) is 4.05. The zero-order valence-corrected chi connectivity index (χ0v) is 41.0. The number of hydrogen-bond donors (Lipinski definition) is 0. The summed E-state index contributed by atoms with van der Waals surface area (Å²) in [7, 11) is 2.41. The maximum Gasteiger partial charge on any atom is 0.327 e. The maximum atomic E-state index is 14.6. The Balaban J connectivity index is 0.000000182. The second kappa shape index (κ2) is 23.1. The quantitative estimate of drug-likeness (QED) is 0.0588. The molecule has 6 heterocycles. The second-order valence-corrected chi connectivity index (χ2v) is 18.9. The minimum absolute atomic E-state index is 0.0117. The van der Waals surface area contributed by atoms with Gasteiger partial charge in [0.25, 0.3) is 0 Å². The highest BCUT2D eigenvalue weighted by Gasteiger charge is 2.38. The summed E-state index contributed by atoms with van der Waals surface area (Å²) < 4.78 is 68.2. The van der Waals surface area contributed by atoms with E-state index < -0.39 is 47.3 Å². The molecular weight excluding hydrogens is 953 g/mol. The SMILES string of the molecule is COC(=O)[C@@H](c1c(F)cccc1F)N1CCC[C@@H](CC(=O)c2ccc3c(c2)C(c2ccncc2)=NC3)C1.COC(=O)[C@H](c1c(F)cccc1F)N1CCC[C@@H](CC(=O)c2ccc3c(c2)C(c2ccncc2)=NC3)C1. The number of rotatable bonds is 14. The molecule has 0 aliphatic carbocycles. The number of nitrogens with zero attached hydrogens (tertiary/aromatic N) is 6. The van der Waals surface area contributed by atoms with Gasteiger partial charge in [-0.15, -0.1) is 0 Å². The number of ether oxygens (including phenoxy) is 2. The number of benzene rings is 4. The van der Waals surface area contributed by atoms with Crippen molar-refractivity contribution in [3.05, 3.63) is 201 Å². The van der Waals surface area contributed by atoms with E-state index >= 15 is 0 Å². The van der Waals surface area contributed by atoms with Gasteiger partial charge in [-0.1, -0.05) is 36.4 Å². The number of methoxy groups -OCH3 is 2. The number of carbonyl (C=O) groups is 4. The van der Waals surface area contributed by atoms with Gasteiger partial charge in [0.05, 0.1) is 49.9 Å². The first kappa shape index (κ1) is 51.3. The Bertz CT molecular complexity index is 2890. The molecule has 4 aliphatic heterocycles. The van der Waals surface area contributed by atoms with E-state index in [1.54, 1.807) is 34.6 Å². The van der Waals surface area contributed by atoms with E-state index in [0.29, 0.717) is 63.2 Å². The van der Waals surface area contributed by atoms with Crippen LogP contribution in [0.5, 0.6) is 0 Å². The lowest BCUT2D eigenvalue weighted by Gasteiger charge is -2.37. The number of carbonyl (C=O) groups excluding carboxylic acids is 4. The molecular formula is C58H54F4N6O6. The van der Waals surface area contributed by atoms with Crippen molar-refractivity contribution >= 4 is 34.9 Å². The van der Waals surface area contributed by atoms with Gasteiger partial charge in [0.15, 0.2) is 11.6 Å². The van der Waals surface area contributed by atoms with Gasteiger partial charge in [0, 0.05) is 84.1 Å². The van der Waals surface area contributed by atoms with Gasteiger partial charge >= 0.3 is 11.9 Å². The molecule has 2 aromatic heterocycles. The summed E-state index contributed by atoms with van der Waals surface area (Å²) in [5, 5.41) is 0. The number of piperidine rings is 2. The van der Waals surface area contributed by atoms with Crippen molar-refractivity contribution in [3.63, 3.8) is 0 Å². The Kier molecular flexibility index (Phi) is 16.0. The van der Waals surface area contributed by atoms with Crippen molar-refractivity contribution in [2.24, 2.45) is 21.8 Å². The van der Waals surface area contributed by atoms with Crippen LogP contribution < -0.4 is 0 Å². The molecule has 0 unspecified atom stereocenters. The Morgan fingerprint density at radius 3 is 1.30 bits per heavy atom. The largest absolute Gasteiger partial charge is 0.468 e. The smallest absolute Gasteiger partial charge is 0.327 e. The third kappa shape index (κ3) is 11.2. The van der Waals surface area contributed by atoms with Gasteiger partial charge < -0.3 is 9.47 Å². The number of aromatic nitrogens is 2. The van der Waals surface area contributed by atoms with Gasteiger partial charge in [-0.2, -0.15) is 0 Å². The summed E-state index contributed by atoms with van der Waals surface area (Å²) in [4.78, 5) is 72.8. The van der Waals surface area contributed by atoms with Crippen molar-refractivity contribution in [3.8, 4) is 0 Å². The van der Waals surface area contributed by atoms with Gasteiger partial charge in [0.1, 0.15) is 35.4 Å². The van der Waals surface area contributed by atoms with E-state index in [2.05, 4.69) is 20.0 Å². The van der Waals surface area contributed by atoms with Crippen LogP contribution in [0.1, 0.15) is 116 Å². The van der Waals surface area contributed by atoms with Crippen LogP contribution in [0.2, 0.25) is 0 Å². The molecule has 16 heteroatoms. The Hall–Kier alpha value is -7.56. The van der Waals surface area contributed by atoms with E-state index in [4.69, 9.17) is 9.47 Å². The lowest BCUT2D eigenvalue weighted by molar-refractivity contribution is -0.149. The summed E-state index contributed by atoms with van der Waals surface area (Å²) in [6.45, 7) is 2.80. The van der Waals surface area contributed by atoms with Crippen LogP contribution in [0.4, 0.5) is 17.6 Å². The second-order valence-electron chi connectivity index (χ2n) is 18.9. The number of pyridine rings is 2. The van der Waals surface area contributed by atoms with Crippen molar-refractivity contribution in [1.82, 2.24) is 19.8 Å². The Morgan fingerprint density at radius 1 is 0.554 bits per heavy atom. The fourth-order valence-electron chi connectivity index (χ4n) is 10.7. The van der Waals surface area contributed by atoms with Crippen LogP contribution in [-0.4, -0.2) is 95.1 Å². The van der Waals surface area contributed by atoms with Gasteiger partial charge in [0.2, 0.25) is 0 Å². The number of aliphatic imine (C=N–C) groups is 2. The van der Waals surface area contributed by atoms with Crippen LogP contribution in [0.15, 0.2) is 132 Å². The van der Waals surface area contributed by atoms with Crippen LogP contribution >= 0.6 is 0 Å². The molecule has 0 N–H and O–H groups in total. The van der Waals surface area contributed by atoms with Crippen LogP contribution in [-0.2, 0) is 32.2 Å². The maximum absolute atomic E-state index is 14.6. The molecule has 0 radical (unpaired) electrons. The molecule has 74 heavy (non-hydrogen) atoms. The van der Waals surface area contributed by atoms with Crippen LogP contribution in [0, 0.1) is 35.1 Å². The molecule has 0 bridgehead atoms. The minimum Gasteiger partial charge on any atom is -0.468 e. The summed E-state index contributed by atoms with van der Waals surface area (Å²) in [5.74, 6) is -4.78. The molecule has 0 amide bonds. The molecule has 380 valence electrons. The molecule has 2 saturated heterocycles. The standard InChI is InChI=1S/2C29H27F2N3O3/c2*1-37-29(36)28(26-23(30)5-2-6-24(26)31)34-13-3-4-18(17-34)14-25(35)20-7-8-21-16-33-27(22(21)15-20)19-9-11-32-12-10-19/h2*2,5-12,15,18,28H,3-4,13-14,16-17H2,1H3/t18-,28+;18-,28-/m00/s1. The molecule has 4 aliphatic rings. The highest BCUT2D eigenvalue weighted by molar-refractivity contribution is 6.17. The first-order chi connectivity index (χ1) is 35.9. The summed E-state index contributed by atoms with van der Waals surface area (Å²) in [6, 6.07) is 23.6. The Labute approximate surface area is 426 Å². The lowest BCUT2D eigenvalue weighted by Crippen LogP contribution is -2.43. The Morgan fingerprint density at radius 2 is 0.932 bits per heavy atom. The monoisotopic (exact) mass is 1010 g/mol. The third-order valence-corrected chi connectivity index (χ3v) is 14.3. The topological polar surface area (TPSA) is 144 Å². The third-order valence-electron chi connectivity index (χ3n) is 14.3. The summed E-state index contributed by atoms with van der Waals surface area (Å²) in [6.07, 6.45) is 10.4. The number of ketones is 2. The zero-order valence-electron chi connectivity index (χ0n) is 41.0. The highest BCUT2D eigenvalue weighted by atomic mass is 19.1. The number of likely N-dealkylation sites (tertiary alicyclic amines) is 2. The normalized spacial score (nSPS) is 18.1. The van der Waals surface area contributed by atoms with E-state index in [1.165, 1.54) is 26.4 Å². The summed E-state index contributed by atoms with van der Waals surface area (Å²) >= 11 is 0. The number of halogens is 4. The van der Waals surface area contributed by atoms with Crippen LogP contribution in [0.3, 0.4) is 0 Å². The lowest BCUT2D eigenvalue weighted by atomic mass is 9.88. The van der Waals surface area contributed by atoms with Crippen molar-refractivity contribution in [2.75, 3.05) is 40.4 Å². The molecule has 12 nitrogen and oxygen atoms in total. The summed E-state index contributed by atoms with van der Waals surface area (Å²) in [5.41, 5.74) is 8.21. The number of hydrogen-bond acceptors (Lipinski definition) is 12. The highest BCUT2D eigenvalue weighted by Crippen LogP contribution is 2.36.